The number of amides is 1. The highest BCUT2D eigenvalue weighted by Gasteiger charge is 2.26. The first kappa shape index (κ1) is 15.6. The van der Waals surface area contributed by atoms with E-state index < -0.39 is 0 Å². The molecule has 1 aliphatic heterocycles. The van der Waals surface area contributed by atoms with E-state index >= 15 is 0 Å². The molecule has 2 N–H and O–H groups in total. The quantitative estimate of drug-likeness (QED) is 0.821. The first-order chi connectivity index (χ1) is 10.1. The predicted octanol–water partition coefficient (Wildman–Crippen LogP) is 1.18. The maximum absolute atomic E-state index is 12.5. The van der Waals surface area contributed by atoms with Gasteiger partial charge in [0.25, 0.3) is 5.91 Å². The van der Waals surface area contributed by atoms with Crippen LogP contribution in [-0.4, -0.2) is 47.3 Å². The molecular formula is C17H21NO3. The number of benzene rings is 1. The highest BCUT2D eigenvalue weighted by Crippen LogP contribution is 2.22. The summed E-state index contributed by atoms with van der Waals surface area (Å²) in [5.74, 6) is 5.87. The Hall–Kier alpha value is -1.83. The standard InChI is InChI=1S/C17H21NO3/c1-13-9-15(3-2-7-19)11-16(10-13)17(21)18-6-4-14(12-18)5-8-20/h9-11,14,19-20H,4-8,12H2,1H3. The van der Waals surface area contributed by atoms with Gasteiger partial charge in [-0.2, -0.15) is 0 Å². The summed E-state index contributed by atoms with van der Waals surface area (Å²) < 4.78 is 0. The molecule has 1 unspecified atom stereocenters. The van der Waals surface area contributed by atoms with E-state index in [1.807, 2.05) is 24.0 Å². The van der Waals surface area contributed by atoms with Gasteiger partial charge in [0.1, 0.15) is 6.61 Å². The van der Waals surface area contributed by atoms with Crippen molar-refractivity contribution in [1.82, 2.24) is 4.90 Å². The van der Waals surface area contributed by atoms with Crippen molar-refractivity contribution in [2.24, 2.45) is 5.92 Å². The van der Waals surface area contributed by atoms with Gasteiger partial charge < -0.3 is 15.1 Å². The molecule has 0 aliphatic carbocycles. The molecule has 1 heterocycles. The minimum atomic E-state index is -0.188. The van der Waals surface area contributed by atoms with E-state index in [0.717, 1.165) is 30.5 Å². The number of aliphatic hydroxyl groups is 2. The molecular weight excluding hydrogens is 266 g/mol. The van der Waals surface area contributed by atoms with Gasteiger partial charge in [0.15, 0.2) is 0 Å². The Morgan fingerprint density at radius 3 is 2.90 bits per heavy atom. The lowest BCUT2D eigenvalue weighted by molar-refractivity contribution is 0.0784. The fourth-order valence-corrected chi connectivity index (χ4v) is 2.74. The van der Waals surface area contributed by atoms with E-state index in [2.05, 4.69) is 11.8 Å². The van der Waals surface area contributed by atoms with Crippen LogP contribution >= 0.6 is 0 Å². The minimum absolute atomic E-state index is 0.0196. The lowest BCUT2D eigenvalue weighted by Crippen LogP contribution is -2.29. The molecule has 0 bridgehead atoms. The third-order valence-corrected chi connectivity index (χ3v) is 3.75. The Balaban J connectivity index is 2.14. The monoisotopic (exact) mass is 287 g/mol. The molecule has 1 aromatic rings. The predicted molar refractivity (Wildman–Crippen MR) is 80.9 cm³/mol. The van der Waals surface area contributed by atoms with Crippen LogP contribution in [0.2, 0.25) is 0 Å². The maximum atomic E-state index is 12.5. The molecule has 4 heteroatoms. The Morgan fingerprint density at radius 1 is 1.38 bits per heavy atom. The maximum Gasteiger partial charge on any atom is 0.253 e. The van der Waals surface area contributed by atoms with Crippen molar-refractivity contribution >= 4 is 5.91 Å². The van der Waals surface area contributed by atoms with Gasteiger partial charge in [-0.05, 0) is 49.4 Å². The molecule has 1 aliphatic rings. The van der Waals surface area contributed by atoms with Crippen LogP contribution in [0.25, 0.3) is 0 Å². The highest BCUT2D eigenvalue weighted by atomic mass is 16.3. The molecule has 4 nitrogen and oxygen atoms in total. The van der Waals surface area contributed by atoms with E-state index in [-0.39, 0.29) is 19.1 Å². The van der Waals surface area contributed by atoms with Crippen molar-refractivity contribution in [2.75, 3.05) is 26.3 Å². The molecule has 1 aromatic carbocycles. The van der Waals surface area contributed by atoms with Gasteiger partial charge in [-0.3, -0.25) is 4.79 Å². The molecule has 0 saturated carbocycles. The summed E-state index contributed by atoms with van der Waals surface area (Å²) in [5.41, 5.74) is 2.37. The van der Waals surface area contributed by atoms with Crippen LogP contribution in [0, 0.1) is 24.7 Å². The molecule has 0 spiro atoms. The lowest BCUT2D eigenvalue weighted by atomic mass is 10.1. The molecule has 1 fully saturated rings. The number of carbonyl (C=O) groups excluding carboxylic acids is 1. The van der Waals surface area contributed by atoms with Crippen LogP contribution < -0.4 is 0 Å². The van der Waals surface area contributed by atoms with Crippen molar-refractivity contribution in [1.29, 1.82) is 0 Å². The zero-order chi connectivity index (χ0) is 15.2. The molecule has 2 rings (SSSR count). The Bertz CT molecular complexity index is 571. The van der Waals surface area contributed by atoms with Gasteiger partial charge in [-0.15, -0.1) is 0 Å². The largest absolute Gasteiger partial charge is 0.396 e. The summed E-state index contributed by atoms with van der Waals surface area (Å²) in [6, 6.07) is 5.54. The number of aryl methyl sites for hydroxylation is 1. The third-order valence-electron chi connectivity index (χ3n) is 3.75. The van der Waals surface area contributed by atoms with Crippen molar-refractivity contribution in [3.05, 3.63) is 34.9 Å². The van der Waals surface area contributed by atoms with Crippen molar-refractivity contribution in [3.8, 4) is 11.8 Å². The second-order valence-corrected chi connectivity index (χ2v) is 5.47. The zero-order valence-electron chi connectivity index (χ0n) is 12.3. The third kappa shape index (κ3) is 4.07. The summed E-state index contributed by atoms with van der Waals surface area (Å²) in [6.45, 7) is 3.38. The van der Waals surface area contributed by atoms with Crippen LogP contribution in [0.4, 0.5) is 0 Å². The minimum Gasteiger partial charge on any atom is -0.396 e. The zero-order valence-corrected chi connectivity index (χ0v) is 12.3. The number of hydrogen-bond donors (Lipinski definition) is 2. The SMILES string of the molecule is Cc1cc(C#CCO)cc(C(=O)N2CCC(CCO)C2)c1. The van der Waals surface area contributed by atoms with Gasteiger partial charge in [0, 0.05) is 30.8 Å². The molecule has 112 valence electrons. The average Bonchev–Trinajstić information content (AvgIpc) is 2.93. The van der Waals surface area contributed by atoms with E-state index in [0.29, 0.717) is 18.0 Å². The number of hydrogen-bond acceptors (Lipinski definition) is 3. The Kier molecular flexibility index (Phi) is 5.38. The van der Waals surface area contributed by atoms with Crippen molar-refractivity contribution in [2.45, 2.75) is 19.8 Å². The number of rotatable bonds is 3. The molecule has 1 atom stereocenters. The second-order valence-electron chi connectivity index (χ2n) is 5.47. The summed E-state index contributed by atoms with van der Waals surface area (Å²) in [5, 5.41) is 17.7. The van der Waals surface area contributed by atoms with E-state index in [4.69, 9.17) is 10.2 Å². The van der Waals surface area contributed by atoms with Gasteiger partial charge in [-0.1, -0.05) is 11.8 Å². The van der Waals surface area contributed by atoms with Gasteiger partial charge in [0.05, 0.1) is 0 Å². The van der Waals surface area contributed by atoms with Gasteiger partial charge >= 0.3 is 0 Å². The fraction of sp³-hybridized carbons (Fsp3) is 0.471. The molecule has 1 saturated heterocycles. The van der Waals surface area contributed by atoms with Gasteiger partial charge in [0.2, 0.25) is 0 Å². The van der Waals surface area contributed by atoms with Crippen LogP contribution in [-0.2, 0) is 0 Å². The lowest BCUT2D eigenvalue weighted by Gasteiger charge is -2.17. The molecule has 0 aromatic heterocycles. The van der Waals surface area contributed by atoms with Crippen LogP contribution in [0.5, 0.6) is 0 Å². The van der Waals surface area contributed by atoms with E-state index in [9.17, 15) is 4.79 Å². The number of aliphatic hydroxyl groups excluding tert-OH is 2. The summed E-state index contributed by atoms with van der Waals surface area (Å²) >= 11 is 0. The fourth-order valence-electron chi connectivity index (χ4n) is 2.74. The topological polar surface area (TPSA) is 60.8 Å². The average molecular weight is 287 g/mol. The van der Waals surface area contributed by atoms with Crippen LogP contribution in [0.15, 0.2) is 18.2 Å². The summed E-state index contributed by atoms with van der Waals surface area (Å²) in [6.07, 6.45) is 1.71. The smallest absolute Gasteiger partial charge is 0.253 e. The van der Waals surface area contributed by atoms with Crippen LogP contribution in [0.3, 0.4) is 0 Å². The first-order valence-corrected chi connectivity index (χ1v) is 7.25. The molecule has 0 radical (unpaired) electrons. The second kappa shape index (κ2) is 7.26. The Labute approximate surface area is 125 Å². The van der Waals surface area contributed by atoms with Crippen molar-refractivity contribution in [3.63, 3.8) is 0 Å². The number of nitrogens with zero attached hydrogens (tertiary/aromatic N) is 1. The van der Waals surface area contributed by atoms with Gasteiger partial charge in [-0.25, -0.2) is 0 Å². The summed E-state index contributed by atoms with van der Waals surface area (Å²) in [7, 11) is 0. The molecule has 21 heavy (non-hydrogen) atoms. The first-order valence-electron chi connectivity index (χ1n) is 7.25. The normalized spacial score (nSPS) is 17.5. The highest BCUT2D eigenvalue weighted by molar-refractivity contribution is 5.95. The number of likely N-dealkylation sites (tertiary alicyclic amines) is 1. The molecule has 1 amide bonds. The van der Waals surface area contributed by atoms with E-state index in [1.165, 1.54) is 0 Å². The Morgan fingerprint density at radius 2 is 2.19 bits per heavy atom. The summed E-state index contributed by atoms with van der Waals surface area (Å²) in [4.78, 5) is 14.4. The van der Waals surface area contributed by atoms with E-state index in [1.54, 1.807) is 6.07 Å². The van der Waals surface area contributed by atoms with Crippen LogP contribution in [0.1, 0.15) is 34.3 Å². The number of carbonyl (C=O) groups is 1. The van der Waals surface area contributed by atoms with Crippen molar-refractivity contribution < 1.29 is 15.0 Å².